The molecule has 0 spiro atoms. The number of aryl methyl sites for hydroxylation is 1. The van der Waals surface area contributed by atoms with Crippen molar-refractivity contribution in [1.29, 1.82) is 0 Å². The van der Waals surface area contributed by atoms with Crippen LogP contribution in [0.1, 0.15) is 37.4 Å². The van der Waals surface area contributed by atoms with Gasteiger partial charge in [-0.25, -0.2) is 9.18 Å². The highest BCUT2D eigenvalue weighted by Crippen LogP contribution is 2.39. The van der Waals surface area contributed by atoms with Crippen molar-refractivity contribution in [2.24, 2.45) is 0 Å². The molecule has 0 saturated heterocycles. The van der Waals surface area contributed by atoms with Crippen LogP contribution < -0.4 is 14.2 Å². The molecule has 2 aliphatic heterocycles. The van der Waals surface area contributed by atoms with Crippen LogP contribution in [0.4, 0.5) is 4.39 Å². The second-order valence-electron chi connectivity index (χ2n) is 7.55. The SMILES string of the molecule is Cc1cc(OC(=O)c2cccc(F)c2)cc2c1C(=O)/C(=C/c1cc(Cl)cc3c1OCOC3)O2. The first kappa shape index (κ1) is 21.2. The third-order valence-electron chi connectivity index (χ3n) is 5.20. The number of hydrogen-bond donors (Lipinski definition) is 0. The molecule has 0 fully saturated rings. The van der Waals surface area contributed by atoms with Crippen molar-refractivity contribution in [3.05, 3.63) is 92.9 Å². The lowest BCUT2D eigenvalue weighted by Gasteiger charge is -2.20. The summed E-state index contributed by atoms with van der Waals surface area (Å²) in [5.41, 5.74) is 2.37. The van der Waals surface area contributed by atoms with Crippen LogP contribution in [0, 0.1) is 12.7 Å². The lowest BCUT2D eigenvalue weighted by molar-refractivity contribution is -0.0165. The standard InChI is InChI=1S/C25H16ClFO6/c1-13-5-19(32-25(29)14-3-2-4-18(27)8-14)10-20-22(13)23(28)21(33-20)9-15-6-17(26)7-16-11-30-12-31-24(15)16/h2-10H,11-12H2,1H3/b21-9-. The smallest absolute Gasteiger partial charge is 0.343 e. The number of esters is 1. The van der Waals surface area contributed by atoms with Crippen molar-refractivity contribution in [3.63, 3.8) is 0 Å². The highest BCUT2D eigenvalue weighted by molar-refractivity contribution is 6.31. The summed E-state index contributed by atoms with van der Waals surface area (Å²) in [6, 6.07) is 11.6. The van der Waals surface area contributed by atoms with E-state index in [1.165, 1.54) is 24.3 Å². The number of carbonyl (C=O) groups excluding carboxylic acids is 2. The molecular formula is C25H16ClFO6. The highest BCUT2D eigenvalue weighted by Gasteiger charge is 2.31. The van der Waals surface area contributed by atoms with Crippen LogP contribution in [-0.4, -0.2) is 18.5 Å². The molecule has 0 N–H and O–H groups in total. The van der Waals surface area contributed by atoms with Gasteiger partial charge in [0.05, 0.1) is 17.7 Å². The van der Waals surface area contributed by atoms with Crippen molar-refractivity contribution in [3.8, 4) is 17.2 Å². The van der Waals surface area contributed by atoms with Crippen LogP contribution in [0.25, 0.3) is 6.08 Å². The second-order valence-corrected chi connectivity index (χ2v) is 7.98. The summed E-state index contributed by atoms with van der Waals surface area (Å²) in [4.78, 5) is 25.4. The molecule has 0 saturated carbocycles. The van der Waals surface area contributed by atoms with E-state index >= 15 is 0 Å². The van der Waals surface area contributed by atoms with Crippen molar-refractivity contribution in [1.82, 2.24) is 0 Å². The average Bonchev–Trinajstić information content (AvgIpc) is 3.09. The molecule has 0 unspecified atom stereocenters. The third-order valence-corrected chi connectivity index (χ3v) is 5.42. The lowest BCUT2D eigenvalue weighted by Crippen LogP contribution is -2.12. The summed E-state index contributed by atoms with van der Waals surface area (Å²) in [5.74, 6) is -0.487. The van der Waals surface area contributed by atoms with Gasteiger partial charge in [0, 0.05) is 22.2 Å². The monoisotopic (exact) mass is 466 g/mol. The zero-order valence-corrected chi connectivity index (χ0v) is 18.1. The van der Waals surface area contributed by atoms with Gasteiger partial charge in [-0.2, -0.15) is 0 Å². The van der Waals surface area contributed by atoms with Crippen molar-refractivity contribution < 1.29 is 32.9 Å². The number of Topliss-reactive ketones (excluding diaryl/α,β-unsaturated/α-hetero) is 1. The molecule has 0 amide bonds. The minimum Gasteiger partial charge on any atom is -0.467 e. The molecular weight excluding hydrogens is 451 g/mol. The topological polar surface area (TPSA) is 71.1 Å². The van der Waals surface area contributed by atoms with E-state index in [0.717, 1.165) is 11.6 Å². The van der Waals surface area contributed by atoms with E-state index in [1.54, 1.807) is 31.2 Å². The number of hydrogen-bond acceptors (Lipinski definition) is 6. The summed E-state index contributed by atoms with van der Waals surface area (Å²) < 4.78 is 35.5. The molecule has 0 bridgehead atoms. The minimum atomic E-state index is -0.723. The Morgan fingerprint density at radius 1 is 1.18 bits per heavy atom. The van der Waals surface area contributed by atoms with Crippen LogP contribution in [0.15, 0.2) is 54.3 Å². The van der Waals surface area contributed by atoms with Gasteiger partial charge in [0.2, 0.25) is 5.78 Å². The summed E-state index contributed by atoms with van der Waals surface area (Å²) in [7, 11) is 0. The zero-order valence-electron chi connectivity index (χ0n) is 17.3. The van der Waals surface area contributed by atoms with Gasteiger partial charge >= 0.3 is 5.97 Å². The van der Waals surface area contributed by atoms with Gasteiger partial charge in [-0.3, -0.25) is 4.79 Å². The summed E-state index contributed by atoms with van der Waals surface area (Å²) >= 11 is 6.21. The van der Waals surface area contributed by atoms with Gasteiger partial charge in [0.25, 0.3) is 0 Å². The number of benzene rings is 3. The van der Waals surface area contributed by atoms with E-state index in [2.05, 4.69) is 0 Å². The molecule has 6 nitrogen and oxygen atoms in total. The first-order valence-electron chi connectivity index (χ1n) is 9.98. The van der Waals surface area contributed by atoms with Crippen LogP contribution in [-0.2, 0) is 11.3 Å². The Bertz CT molecular complexity index is 1350. The summed E-state index contributed by atoms with van der Waals surface area (Å²) in [6.45, 7) is 2.16. The zero-order chi connectivity index (χ0) is 23.1. The number of carbonyl (C=O) groups is 2. The maximum atomic E-state index is 13.4. The molecule has 0 aromatic heterocycles. The fourth-order valence-electron chi connectivity index (χ4n) is 3.77. The molecule has 0 radical (unpaired) electrons. The van der Waals surface area contributed by atoms with Crippen molar-refractivity contribution >= 4 is 29.4 Å². The molecule has 2 aliphatic rings. The fraction of sp³-hybridized carbons (Fsp3) is 0.120. The number of ketones is 1. The summed E-state index contributed by atoms with van der Waals surface area (Å²) in [6.07, 6.45) is 1.57. The average molecular weight is 467 g/mol. The quantitative estimate of drug-likeness (QED) is 0.289. The molecule has 3 aromatic carbocycles. The van der Waals surface area contributed by atoms with Gasteiger partial charge in [-0.15, -0.1) is 0 Å². The van der Waals surface area contributed by atoms with Gasteiger partial charge in [-0.05, 0) is 55.0 Å². The Morgan fingerprint density at radius 2 is 2.03 bits per heavy atom. The van der Waals surface area contributed by atoms with E-state index < -0.39 is 11.8 Å². The van der Waals surface area contributed by atoms with E-state index in [9.17, 15) is 14.0 Å². The number of rotatable bonds is 3. The van der Waals surface area contributed by atoms with Gasteiger partial charge in [-0.1, -0.05) is 17.7 Å². The van der Waals surface area contributed by atoms with E-state index in [1.807, 2.05) is 0 Å². The maximum Gasteiger partial charge on any atom is 0.343 e. The first-order chi connectivity index (χ1) is 15.9. The van der Waals surface area contributed by atoms with Crippen LogP contribution in [0.2, 0.25) is 5.02 Å². The van der Waals surface area contributed by atoms with Gasteiger partial charge in [0.15, 0.2) is 12.6 Å². The highest BCUT2D eigenvalue weighted by atomic mass is 35.5. The number of allylic oxidation sites excluding steroid dienone is 1. The molecule has 8 heteroatoms. The fourth-order valence-corrected chi connectivity index (χ4v) is 4.02. The second kappa shape index (κ2) is 8.35. The Hall–Kier alpha value is -3.68. The normalized spacial score (nSPS) is 15.5. The molecule has 166 valence electrons. The van der Waals surface area contributed by atoms with Gasteiger partial charge < -0.3 is 18.9 Å². The number of halogens is 2. The van der Waals surface area contributed by atoms with E-state index in [4.69, 9.17) is 30.5 Å². The Labute approximate surface area is 193 Å². The largest absolute Gasteiger partial charge is 0.467 e. The van der Waals surface area contributed by atoms with Crippen LogP contribution in [0.5, 0.6) is 17.2 Å². The molecule has 2 heterocycles. The Kier molecular flexibility index (Phi) is 5.36. The van der Waals surface area contributed by atoms with Crippen molar-refractivity contribution in [2.45, 2.75) is 13.5 Å². The molecule has 33 heavy (non-hydrogen) atoms. The molecule has 5 rings (SSSR count). The molecule has 0 aliphatic carbocycles. The molecule has 3 aromatic rings. The first-order valence-corrected chi connectivity index (χ1v) is 10.4. The lowest BCUT2D eigenvalue weighted by atomic mass is 10.0. The number of ether oxygens (including phenoxy) is 4. The molecule has 0 atom stereocenters. The minimum absolute atomic E-state index is 0.0699. The van der Waals surface area contributed by atoms with Crippen molar-refractivity contribution in [2.75, 3.05) is 6.79 Å². The summed E-state index contributed by atoms with van der Waals surface area (Å²) in [5, 5.41) is 0.473. The maximum absolute atomic E-state index is 13.4. The predicted molar refractivity (Wildman–Crippen MR) is 117 cm³/mol. The Balaban J connectivity index is 1.45. The van der Waals surface area contributed by atoms with E-state index in [-0.39, 0.29) is 35.4 Å². The van der Waals surface area contributed by atoms with E-state index in [0.29, 0.717) is 34.1 Å². The van der Waals surface area contributed by atoms with Crippen LogP contribution >= 0.6 is 11.6 Å². The predicted octanol–water partition coefficient (Wildman–Crippen LogP) is 5.49. The number of fused-ring (bicyclic) bond motifs is 2. The Morgan fingerprint density at radius 3 is 2.85 bits per heavy atom. The van der Waals surface area contributed by atoms with Gasteiger partial charge in [0.1, 0.15) is 23.1 Å². The third kappa shape index (κ3) is 4.08. The van der Waals surface area contributed by atoms with Crippen LogP contribution in [0.3, 0.4) is 0 Å².